The lowest BCUT2D eigenvalue weighted by Crippen LogP contribution is -2.12. The van der Waals surface area contributed by atoms with E-state index in [1.165, 1.54) is 25.7 Å². The SMILES string of the molecule is CC1CCOCC1.CCC.CCOCCC(C)C. The molecule has 1 heterocycles. The zero-order valence-electron chi connectivity index (χ0n) is 13.6. The van der Waals surface area contributed by atoms with Gasteiger partial charge in [-0.25, -0.2) is 0 Å². The second kappa shape index (κ2) is 16.9. The Bertz CT molecular complexity index is 129. The van der Waals surface area contributed by atoms with Crippen LogP contribution in [-0.4, -0.2) is 26.4 Å². The summed E-state index contributed by atoms with van der Waals surface area (Å²) >= 11 is 0. The fourth-order valence-corrected chi connectivity index (χ4v) is 1.28. The van der Waals surface area contributed by atoms with Crippen LogP contribution >= 0.6 is 0 Å². The van der Waals surface area contributed by atoms with Gasteiger partial charge in [0, 0.05) is 26.4 Å². The van der Waals surface area contributed by atoms with Crippen molar-refractivity contribution < 1.29 is 9.47 Å². The fourth-order valence-electron chi connectivity index (χ4n) is 1.28. The Morgan fingerprint density at radius 1 is 1.11 bits per heavy atom. The molecule has 0 aromatic rings. The number of ether oxygens (including phenoxy) is 2. The van der Waals surface area contributed by atoms with E-state index in [9.17, 15) is 0 Å². The largest absolute Gasteiger partial charge is 0.382 e. The van der Waals surface area contributed by atoms with E-state index in [1.54, 1.807) is 0 Å². The minimum Gasteiger partial charge on any atom is -0.382 e. The lowest BCUT2D eigenvalue weighted by Gasteiger charge is -2.16. The number of hydrogen-bond acceptors (Lipinski definition) is 2. The van der Waals surface area contributed by atoms with Crippen molar-refractivity contribution in [1.29, 1.82) is 0 Å². The highest BCUT2D eigenvalue weighted by atomic mass is 16.5. The van der Waals surface area contributed by atoms with E-state index < -0.39 is 0 Å². The Hall–Kier alpha value is -0.0800. The summed E-state index contributed by atoms with van der Waals surface area (Å²) in [5.41, 5.74) is 0. The number of hydrogen-bond donors (Lipinski definition) is 0. The molecule has 0 amide bonds. The highest BCUT2D eigenvalue weighted by molar-refractivity contribution is 4.55. The summed E-state index contributed by atoms with van der Waals surface area (Å²) in [4.78, 5) is 0. The molecule has 0 atom stereocenters. The van der Waals surface area contributed by atoms with E-state index in [2.05, 4.69) is 34.6 Å². The molecular formula is C16H36O2. The van der Waals surface area contributed by atoms with Crippen LogP contribution in [0.3, 0.4) is 0 Å². The predicted molar refractivity (Wildman–Crippen MR) is 81.1 cm³/mol. The first-order chi connectivity index (χ1) is 8.58. The molecule has 0 aromatic heterocycles. The average Bonchev–Trinajstić information content (AvgIpc) is 2.32. The molecule has 0 spiro atoms. The minimum absolute atomic E-state index is 0.779. The van der Waals surface area contributed by atoms with Crippen LogP contribution in [0.2, 0.25) is 0 Å². The van der Waals surface area contributed by atoms with Gasteiger partial charge in [0.25, 0.3) is 0 Å². The van der Waals surface area contributed by atoms with Crippen molar-refractivity contribution in [2.75, 3.05) is 26.4 Å². The molecule has 1 fully saturated rings. The molecule has 1 saturated heterocycles. The van der Waals surface area contributed by atoms with Gasteiger partial charge in [-0.2, -0.15) is 0 Å². The molecule has 1 aliphatic rings. The predicted octanol–water partition coefficient (Wildman–Crippen LogP) is 4.92. The maximum Gasteiger partial charge on any atom is 0.0468 e. The van der Waals surface area contributed by atoms with Crippen LogP contribution < -0.4 is 0 Å². The second-order valence-electron chi connectivity index (χ2n) is 5.38. The molecule has 112 valence electrons. The zero-order chi connectivity index (χ0) is 14.2. The summed E-state index contributed by atoms with van der Waals surface area (Å²) in [6, 6.07) is 0. The molecule has 0 radical (unpaired) electrons. The average molecular weight is 260 g/mol. The van der Waals surface area contributed by atoms with Crippen LogP contribution in [0.1, 0.15) is 67.2 Å². The molecule has 0 N–H and O–H groups in total. The van der Waals surface area contributed by atoms with E-state index >= 15 is 0 Å². The van der Waals surface area contributed by atoms with Gasteiger partial charge < -0.3 is 9.47 Å². The first-order valence-electron chi connectivity index (χ1n) is 7.73. The minimum atomic E-state index is 0.779. The van der Waals surface area contributed by atoms with E-state index in [0.29, 0.717) is 0 Å². The van der Waals surface area contributed by atoms with Crippen molar-refractivity contribution in [2.45, 2.75) is 67.2 Å². The first kappa shape index (κ1) is 20.2. The van der Waals surface area contributed by atoms with Crippen molar-refractivity contribution in [2.24, 2.45) is 11.8 Å². The van der Waals surface area contributed by atoms with Gasteiger partial charge >= 0.3 is 0 Å². The van der Waals surface area contributed by atoms with E-state index in [0.717, 1.165) is 38.3 Å². The molecule has 0 bridgehead atoms. The Kier molecular flexibility index (Phi) is 19.0. The molecule has 1 aliphatic heterocycles. The zero-order valence-corrected chi connectivity index (χ0v) is 13.6. The molecular weight excluding hydrogens is 224 g/mol. The van der Waals surface area contributed by atoms with Crippen LogP contribution in [0, 0.1) is 11.8 Å². The van der Waals surface area contributed by atoms with Gasteiger partial charge in [-0.05, 0) is 38.0 Å². The monoisotopic (exact) mass is 260 g/mol. The maximum atomic E-state index is 5.14. The third-order valence-corrected chi connectivity index (χ3v) is 2.55. The van der Waals surface area contributed by atoms with Gasteiger partial charge in [-0.15, -0.1) is 0 Å². The standard InChI is InChI=1S/C7H16O.C6H12O.C3H8/c1-4-8-6-5-7(2)3;1-6-2-4-7-5-3-6;1-3-2/h7H,4-6H2,1-3H3;6H,2-5H2,1H3;3H2,1-2H3. The molecule has 0 aromatic carbocycles. The van der Waals surface area contributed by atoms with Gasteiger partial charge in [0.15, 0.2) is 0 Å². The summed E-state index contributed by atoms with van der Waals surface area (Å²) in [6.45, 7) is 16.7. The highest BCUT2D eigenvalue weighted by Crippen LogP contribution is 2.11. The van der Waals surface area contributed by atoms with Gasteiger partial charge in [-0.1, -0.05) is 41.0 Å². The highest BCUT2D eigenvalue weighted by Gasteiger charge is 2.06. The molecule has 2 nitrogen and oxygen atoms in total. The Labute approximate surface area is 115 Å². The summed E-state index contributed by atoms with van der Waals surface area (Å²) in [7, 11) is 0. The Morgan fingerprint density at radius 2 is 1.61 bits per heavy atom. The van der Waals surface area contributed by atoms with Crippen molar-refractivity contribution in [1.82, 2.24) is 0 Å². The van der Waals surface area contributed by atoms with E-state index in [1.807, 2.05) is 6.92 Å². The van der Waals surface area contributed by atoms with Crippen molar-refractivity contribution >= 4 is 0 Å². The lowest BCUT2D eigenvalue weighted by atomic mass is 10.0. The van der Waals surface area contributed by atoms with Crippen LogP contribution in [0.4, 0.5) is 0 Å². The second-order valence-corrected chi connectivity index (χ2v) is 5.38. The molecule has 2 heteroatoms. The molecule has 0 saturated carbocycles. The quantitative estimate of drug-likeness (QED) is 0.668. The molecule has 18 heavy (non-hydrogen) atoms. The maximum absolute atomic E-state index is 5.14. The lowest BCUT2D eigenvalue weighted by molar-refractivity contribution is 0.0716. The summed E-state index contributed by atoms with van der Waals surface area (Å²) in [5, 5.41) is 0. The van der Waals surface area contributed by atoms with Crippen LogP contribution in [0.5, 0.6) is 0 Å². The molecule has 0 aliphatic carbocycles. The number of rotatable bonds is 4. The summed E-state index contributed by atoms with van der Waals surface area (Å²) in [5.74, 6) is 1.69. The van der Waals surface area contributed by atoms with Gasteiger partial charge in [-0.3, -0.25) is 0 Å². The third-order valence-electron chi connectivity index (χ3n) is 2.55. The van der Waals surface area contributed by atoms with Crippen molar-refractivity contribution in [3.8, 4) is 0 Å². The smallest absolute Gasteiger partial charge is 0.0468 e. The Morgan fingerprint density at radius 3 is 1.89 bits per heavy atom. The summed E-state index contributed by atoms with van der Waals surface area (Å²) in [6.07, 6.45) is 4.97. The Balaban J connectivity index is 0. The van der Waals surface area contributed by atoms with Crippen molar-refractivity contribution in [3.05, 3.63) is 0 Å². The van der Waals surface area contributed by atoms with Crippen LogP contribution in [0.15, 0.2) is 0 Å². The summed E-state index contributed by atoms with van der Waals surface area (Å²) < 4.78 is 10.3. The van der Waals surface area contributed by atoms with Crippen LogP contribution in [0.25, 0.3) is 0 Å². The van der Waals surface area contributed by atoms with Crippen molar-refractivity contribution in [3.63, 3.8) is 0 Å². The molecule has 0 unspecified atom stereocenters. The van der Waals surface area contributed by atoms with Gasteiger partial charge in [0.05, 0.1) is 0 Å². The van der Waals surface area contributed by atoms with E-state index in [4.69, 9.17) is 9.47 Å². The fraction of sp³-hybridized carbons (Fsp3) is 1.00. The van der Waals surface area contributed by atoms with Gasteiger partial charge in [0.2, 0.25) is 0 Å². The van der Waals surface area contributed by atoms with Crippen LogP contribution in [-0.2, 0) is 9.47 Å². The topological polar surface area (TPSA) is 18.5 Å². The first-order valence-corrected chi connectivity index (χ1v) is 7.73. The third kappa shape index (κ3) is 21.2. The van der Waals surface area contributed by atoms with E-state index in [-0.39, 0.29) is 0 Å². The van der Waals surface area contributed by atoms with Gasteiger partial charge in [0.1, 0.15) is 0 Å². The molecule has 1 rings (SSSR count). The normalized spacial score (nSPS) is 15.5.